The summed E-state index contributed by atoms with van der Waals surface area (Å²) in [6, 6.07) is 18.9. The van der Waals surface area contributed by atoms with Crippen molar-refractivity contribution in [3.63, 3.8) is 0 Å². The molecule has 0 saturated carbocycles. The zero-order chi connectivity index (χ0) is 22.9. The van der Waals surface area contributed by atoms with E-state index < -0.39 is 6.03 Å². The number of hydrogen-bond acceptors (Lipinski definition) is 4. The van der Waals surface area contributed by atoms with E-state index in [-0.39, 0.29) is 0 Å². The number of para-hydroxylation sites is 1. The third-order valence-electron chi connectivity index (χ3n) is 4.40. The lowest BCUT2D eigenvalue weighted by Gasteiger charge is -2.15. The first-order valence-electron chi connectivity index (χ1n) is 9.95. The average molecular weight is 608 g/mol. The minimum atomic E-state index is -0.419. The van der Waals surface area contributed by atoms with Crippen molar-refractivity contribution in [2.75, 3.05) is 11.9 Å². The molecule has 32 heavy (non-hydrogen) atoms. The number of carbonyl (C=O) groups excluding carboxylic acids is 1. The highest BCUT2D eigenvalue weighted by Crippen LogP contribution is 2.37. The number of hydrogen-bond donors (Lipinski definition) is 2. The first-order valence-corrected chi connectivity index (χ1v) is 11.8. The molecule has 0 aliphatic heterocycles. The van der Waals surface area contributed by atoms with Crippen LogP contribution in [0.4, 0.5) is 10.5 Å². The summed E-state index contributed by atoms with van der Waals surface area (Å²) >= 11 is 5.83. The molecule has 2 N–H and O–H groups in total. The Bertz CT molecular complexity index is 1100. The third-order valence-corrected chi connectivity index (χ3v) is 5.71. The molecular weight excluding hydrogens is 585 g/mol. The smallest absolute Gasteiger partial charge is 0.339 e. The van der Waals surface area contributed by atoms with Gasteiger partial charge in [0.2, 0.25) is 0 Å². The van der Waals surface area contributed by atoms with Crippen molar-refractivity contribution >= 4 is 56.5 Å². The molecule has 166 valence electrons. The molecule has 0 aromatic heterocycles. The Morgan fingerprint density at radius 1 is 1.12 bits per heavy atom. The van der Waals surface area contributed by atoms with Crippen LogP contribution in [0.5, 0.6) is 11.5 Å². The minimum absolute atomic E-state index is 0.419. The van der Waals surface area contributed by atoms with Crippen LogP contribution in [-0.4, -0.2) is 18.9 Å². The van der Waals surface area contributed by atoms with Gasteiger partial charge in [0, 0.05) is 9.26 Å². The third kappa shape index (κ3) is 6.96. The van der Waals surface area contributed by atoms with E-state index in [2.05, 4.69) is 54.4 Å². The quantitative estimate of drug-likeness (QED) is 0.175. The lowest BCUT2D eigenvalue weighted by molar-refractivity contribution is 0.252. The number of nitrogens with one attached hydrogen (secondary N) is 2. The van der Waals surface area contributed by atoms with Gasteiger partial charge in [-0.25, -0.2) is 10.2 Å². The number of halogens is 2. The van der Waals surface area contributed by atoms with E-state index in [1.807, 2.05) is 74.5 Å². The molecule has 3 aromatic rings. The van der Waals surface area contributed by atoms with E-state index in [0.29, 0.717) is 24.7 Å². The molecule has 0 bridgehead atoms. The van der Waals surface area contributed by atoms with Crippen LogP contribution in [0.25, 0.3) is 0 Å². The summed E-state index contributed by atoms with van der Waals surface area (Å²) in [6.07, 6.45) is 1.55. The van der Waals surface area contributed by atoms with Crippen LogP contribution in [0, 0.1) is 10.5 Å². The van der Waals surface area contributed by atoms with Crippen molar-refractivity contribution in [1.82, 2.24) is 5.43 Å². The van der Waals surface area contributed by atoms with Crippen molar-refractivity contribution in [2.45, 2.75) is 20.5 Å². The summed E-state index contributed by atoms with van der Waals surface area (Å²) in [4.78, 5) is 12.1. The molecule has 0 unspecified atom stereocenters. The van der Waals surface area contributed by atoms with Gasteiger partial charge in [0.05, 0.1) is 17.3 Å². The normalized spacial score (nSPS) is 10.8. The molecule has 3 aromatic carbocycles. The SMILES string of the molecule is CCOc1cc(C=NNC(=O)Nc2ccccc2C)cc(Br)c1OCc1ccc(I)cc1. The molecule has 2 amide bonds. The fourth-order valence-corrected chi connectivity index (χ4v) is 3.76. The van der Waals surface area contributed by atoms with E-state index >= 15 is 0 Å². The molecule has 8 heteroatoms. The van der Waals surface area contributed by atoms with Crippen LogP contribution in [0.15, 0.2) is 70.2 Å². The Kier molecular flexibility index (Phi) is 8.92. The van der Waals surface area contributed by atoms with Gasteiger partial charge in [0.15, 0.2) is 11.5 Å². The number of hydrazone groups is 1. The number of benzene rings is 3. The molecule has 6 nitrogen and oxygen atoms in total. The van der Waals surface area contributed by atoms with E-state index in [1.165, 1.54) is 3.57 Å². The molecular formula is C24H23BrIN3O3. The highest BCUT2D eigenvalue weighted by molar-refractivity contribution is 14.1. The minimum Gasteiger partial charge on any atom is -0.490 e. The molecule has 0 fully saturated rings. The predicted molar refractivity (Wildman–Crippen MR) is 140 cm³/mol. The Morgan fingerprint density at radius 3 is 2.59 bits per heavy atom. The van der Waals surface area contributed by atoms with Gasteiger partial charge in [-0.2, -0.15) is 5.10 Å². The van der Waals surface area contributed by atoms with Gasteiger partial charge in [0.25, 0.3) is 0 Å². The standard InChI is InChI=1S/C24H23BrIN3O3/c1-3-31-22-13-18(14-27-29-24(30)28-21-7-5-4-6-16(21)2)12-20(25)23(22)32-15-17-8-10-19(26)11-9-17/h4-14H,3,15H2,1-2H3,(H2,28,29,30). The summed E-state index contributed by atoms with van der Waals surface area (Å²) in [5.41, 5.74) is 5.99. The van der Waals surface area contributed by atoms with Crippen LogP contribution in [0.1, 0.15) is 23.6 Å². The lowest BCUT2D eigenvalue weighted by Crippen LogP contribution is -2.24. The topological polar surface area (TPSA) is 72.0 Å². The molecule has 0 saturated heterocycles. The molecule has 0 atom stereocenters. The van der Waals surface area contributed by atoms with Gasteiger partial charge in [-0.05, 0) is 99.4 Å². The van der Waals surface area contributed by atoms with Gasteiger partial charge in [-0.15, -0.1) is 0 Å². The van der Waals surface area contributed by atoms with Crippen LogP contribution in [-0.2, 0) is 6.61 Å². The van der Waals surface area contributed by atoms with Gasteiger partial charge in [0.1, 0.15) is 6.61 Å². The van der Waals surface area contributed by atoms with Crippen molar-refractivity contribution in [2.24, 2.45) is 5.10 Å². The Balaban J connectivity index is 1.67. The second-order valence-corrected chi connectivity index (χ2v) is 8.92. The number of urea groups is 1. The summed E-state index contributed by atoms with van der Waals surface area (Å²) in [5, 5.41) is 6.80. The van der Waals surface area contributed by atoms with Crippen molar-refractivity contribution in [3.8, 4) is 11.5 Å². The number of nitrogens with zero attached hydrogens (tertiary/aromatic N) is 1. The van der Waals surface area contributed by atoms with Crippen molar-refractivity contribution in [3.05, 3.63) is 85.4 Å². The largest absolute Gasteiger partial charge is 0.490 e. The van der Waals surface area contributed by atoms with Gasteiger partial charge in [-0.3, -0.25) is 0 Å². The highest BCUT2D eigenvalue weighted by atomic mass is 127. The van der Waals surface area contributed by atoms with Gasteiger partial charge < -0.3 is 14.8 Å². The lowest BCUT2D eigenvalue weighted by atomic mass is 10.2. The van der Waals surface area contributed by atoms with E-state index in [9.17, 15) is 4.79 Å². The molecule has 0 aliphatic rings. The van der Waals surface area contributed by atoms with E-state index in [1.54, 1.807) is 6.21 Å². The van der Waals surface area contributed by atoms with Crippen LogP contribution in [0.3, 0.4) is 0 Å². The first-order chi connectivity index (χ1) is 15.5. The number of aryl methyl sites for hydroxylation is 1. The first kappa shape index (κ1) is 24.1. The number of ether oxygens (including phenoxy) is 2. The highest BCUT2D eigenvalue weighted by Gasteiger charge is 2.12. The fourth-order valence-electron chi connectivity index (χ4n) is 2.83. The molecule has 3 rings (SSSR count). The molecule has 0 aliphatic carbocycles. The Hall–Kier alpha value is -2.59. The van der Waals surface area contributed by atoms with Crippen LogP contribution >= 0.6 is 38.5 Å². The second-order valence-electron chi connectivity index (χ2n) is 6.82. The fraction of sp³-hybridized carbons (Fsp3) is 0.167. The number of rotatable bonds is 8. The predicted octanol–water partition coefficient (Wildman–Crippen LogP) is 6.50. The second kappa shape index (κ2) is 11.9. The number of amides is 2. The van der Waals surface area contributed by atoms with E-state index in [0.717, 1.165) is 26.9 Å². The maximum absolute atomic E-state index is 12.1. The van der Waals surface area contributed by atoms with Crippen LogP contribution < -0.4 is 20.2 Å². The summed E-state index contributed by atoms with van der Waals surface area (Å²) < 4.78 is 13.7. The van der Waals surface area contributed by atoms with Crippen molar-refractivity contribution < 1.29 is 14.3 Å². The maximum atomic E-state index is 12.1. The number of carbonyl (C=O) groups is 1. The van der Waals surface area contributed by atoms with Gasteiger partial charge >= 0.3 is 6.03 Å². The van der Waals surface area contributed by atoms with E-state index in [4.69, 9.17) is 9.47 Å². The molecule has 0 radical (unpaired) electrons. The zero-order valence-electron chi connectivity index (χ0n) is 17.7. The summed E-state index contributed by atoms with van der Waals surface area (Å²) in [5.74, 6) is 1.21. The zero-order valence-corrected chi connectivity index (χ0v) is 21.4. The molecule has 0 heterocycles. The van der Waals surface area contributed by atoms with Crippen molar-refractivity contribution in [1.29, 1.82) is 0 Å². The molecule has 0 spiro atoms. The average Bonchev–Trinajstić information content (AvgIpc) is 2.76. The monoisotopic (exact) mass is 607 g/mol. The Morgan fingerprint density at radius 2 is 1.88 bits per heavy atom. The number of anilines is 1. The summed E-state index contributed by atoms with van der Waals surface area (Å²) in [6.45, 7) is 4.75. The Labute approximate surface area is 209 Å². The summed E-state index contributed by atoms with van der Waals surface area (Å²) in [7, 11) is 0. The van der Waals surface area contributed by atoms with Gasteiger partial charge in [-0.1, -0.05) is 30.3 Å². The van der Waals surface area contributed by atoms with Crippen LogP contribution in [0.2, 0.25) is 0 Å². The maximum Gasteiger partial charge on any atom is 0.339 e.